The Morgan fingerprint density at radius 2 is 2.00 bits per heavy atom. The van der Waals surface area contributed by atoms with Gasteiger partial charge in [0.2, 0.25) is 6.04 Å². The summed E-state index contributed by atoms with van der Waals surface area (Å²) < 4.78 is 4.77. The fourth-order valence-corrected chi connectivity index (χ4v) is 1.62. The van der Waals surface area contributed by atoms with Crippen molar-refractivity contribution in [2.75, 3.05) is 6.61 Å². The number of nitrogens with zero attached hydrogens (tertiary/aromatic N) is 1. The molecule has 6 heteroatoms. The van der Waals surface area contributed by atoms with Crippen molar-refractivity contribution in [2.24, 2.45) is 5.92 Å². The van der Waals surface area contributed by atoms with Gasteiger partial charge in [-0.3, -0.25) is 19.7 Å². The summed E-state index contributed by atoms with van der Waals surface area (Å²) in [4.78, 5) is 32.8. The lowest BCUT2D eigenvalue weighted by Gasteiger charge is -2.02. The standard InChI is InChI=1S/C12H11NO5/c14-11(8-4-2-1-3-5-8)7-18-12(15)9-6-10(9)13(16)17/h1-5,9-10H,6-7H2. The van der Waals surface area contributed by atoms with Gasteiger partial charge >= 0.3 is 5.97 Å². The van der Waals surface area contributed by atoms with Gasteiger partial charge < -0.3 is 4.74 Å². The quantitative estimate of drug-likeness (QED) is 0.337. The van der Waals surface area contributed by atoms with Crippen molar-refractivity contribution in [1.29, 1.82) is 0 Å². The molecule has 0 aromatic heterocycles. The van der Waals surface area contributed by atoms with Gasteiger partial charge in [-0.15, -0.1) is 0 Å². The Kier molecular flexibility index (Phi) is 3.36. The molecule has 2 unspecified atom stereocenters. The predicted octanol–water partition coefficient (Wildman–Crippen LogP) is 1.08. The minimum Gasteiger partial charge on any atom is -0.457 e. The third-order valence-corrected chi connectivity index (χ3v) is 2.77. The molecule has 94 valence electrons. The number of Topliss-reactive ketones (excluding diaryl/α,β-unsaturated/α-hetero) is 1. The van der Waals surface area contributed by atoms with Crippen LogP contribution in [0.2, 0.25) is 0 Å². The van der Waals surface area contributed by atoms with Crippen molar-refractivity contribution in [2.45, 2.75) is 12.5 Å². The van der Waals surface area contributed by atoms with Crippen molar-refractivity contribution in [1.82, 2.24) is 0 Å². The predicted molar refractivity (Wildman–Crippen MR) is 60.6 cm³/mol. The number of ether oxygens (including phenoxy) is 1. The summed E-state index contributed by atoms with van der Waals surface area (Å²) in [6.45, 7) is -0.371. The second kappa shape index (κ2) is 4.95. The SMILES string of the molecule is O=C(COC(=O)C1CC1[N+](=O)[O-])c1ccccc1. The van der Waals surface area contributed by atoms with E-state index >= 15 is 0 Å². The molecule has 0 radical (unpaired) electrons. The maximum Gasteiger partial charge on any atom is 0.316 e. The van der Waals surface area contributed by atoms with E-state index < -0.39 is 22.9 Å². The van der Waals surface area contributed by atoms with Gasteiger partial charge in [0.25, 0.3) is 0 Å². The zero-order valence-corrected chi connectivity index (χ0v) is 9.44. The zero-order chi connectivity index (χ0) is 13.1. The van der Waals surface area contributed by atoms with E-state index in [1.54, 1.807) is 30.3 Å². The average Bonchev–Trinajstić information content (AvgIpc) is 3.17. The monoisotopic (exact) mass is 249 g/mol. The first-order valence-electron chi connectivity index (χ1n) is 5.48. The fraction of sp³-hybridized carbons (Fsp3) is 0.333. The van der Waals surface area contributed by atoms with E-state index in [2.05, 4.69) is 0 Å². The van der Waals surface area contributed by atoms with E-state index in [0.29, 0.717) is 5.56 Å². The molecule has 1 fully saturated rings. The van der Waals surface area contributed by atoms with Gasteiger partial charge in [-0.25, -0.2) is 0 Å². The second-order valence-corrected chi connectivity index (χ2v) is 4.09. The Hall–Kier alpha value is -2.24. The van der Waals surface area contributed by atoms with E-state index in [4.69, 9.17) is 4.74 Å². The van der Waals surface area contributed by atoms with E-state index in [1.807, 2.05) is 0 Å². The lowest BCUT2D eigenvalue weighted by atomic mass is 10.1. The van der Waals surface area contributed by atoms with Crippen LogP contribution in [0.15, 0.2) is 30.3 Å². The Labute approximate surface area is 103 Å². The maximum atomic E-state index is 11.6. The molecule has 0 bridgehead atoms. The van der Waals surface area contributed by atoms with Crippen LogP contribution in [-0.4, -0.2) is 29.3 Å². The van der Waals surface area contributed by atoms with Gasteiger partial charge in [0.05, 0.1) is 0 Å². The van der Waals surface area contributed by atoms with Crippen LogP contribution in [0.4, 0.5) is 0 Å². The minimum absolute atomic E-state index is 0.200. The fourth-order valence-electron chi connectivity index (χ4n) is 1.62. The molecule has 0 saturated heterocycles. The molecule has 1 saturated carbocycles. The highest BCUT2D eigenvalue weighted by Crippen LogP contribution is 2.34. The lowest BCUT2D eigenvalue weighted by Crippen LogP contribution is -2.18. The molecule has 1 aromatic rings. The van der Waals surface area contributed by atoms with Crippen molar-refractivity contribution in [3.8, 4) is 0 Å². The van der Waals surface area contributed by atoms with Crippen LogP contribution in [-0.2, 0) is 9.53 Å². The molecule has 2 rings (SSSR count). The average molecular weight is 249 g/mol. The highest BCUT2D eigenvalue weighted by atomic mass is 16.6. The Morgan fingerprint density at radius 1 is 1.33 bits per heavy atom. The Morgan fingerprint density at radius 3 is 2.56 bits per heavy atom. The normalized spacial score (nSPS) is 21.1. The van der Waals surface area contributed by atoms with Crippen molar-refractivity contribution >= 4 is 11.8 Å². The highest BCUT2D eigenvalue weighted by Gasteiger charge is 2.54. The summed E-state index contributed by atoms with van der Waals surface area (Å²) in [5, 5.41) is 10.4. The number of nitro groups is 1. The van der Waals surface area contributed by atoms with Gasteiger partial charge in [-0.2, -0.15) is 0 Å². The third-order valence-electron chi connectivity index (χ3n) is 2.77. The molecule has 1 aromatic carbocycles. The molecule has 0 amide bonds. The number of esters is 1. The second-order valence-electron chi connectivity index (χ2n) is 4.09. The first-order valence-corrected chi connectivity index (χ1v) is 5.48. The molecular weight excluding hydrogens is 238 g/mol. The third kappa shape index (κ3) is 2.71. The molecule has 0 heterocycles. The number of carbonyl (C=O) groups excluding carboxylic acids is 2. The lowest BCUT2D eigenvalue weighted by molar-refractivity contribution is -0.497. The maximum absolute atomic E-state index is 11.6. The first-order chi connectivity index (χ1) is 8.59. The molecule has 0 aliphatic heterocycles. The summed E-state index contributed by atoms with van der Waals surface area (Å²) in [7, 11) is 0. The Balaban J connectivity index is 1.81. The number of hydrogen-bond donors (Lipinski definition) is 0. The largest absolute Gasteiger partial charge is 0.457 e. The van der Waals surface area contributed by atoms with E-state index in [1.165, 1.54) is 0 Å². The van der Waals surface area contributed by atoms with Crippen molar-refractivity contribution in [3.63, 3.8) is 0 Å². The number of ketones is 1. The van der Waals surface area contributed by atoms with E-state index in [0.717, 1.165) is 0 Å². The number of benzene rings is 1. The molecular formula is C12H11NO5. The van der Waals surface area contributed by atoms with Crippen molar-refractivity contribution in [3.05, 3.63) is 46.0 Å². The van der Waals surface area contributed by atoms with Crippen LogP contribution in [0.3, 0.4) is 0 Å². The molecule has 1 aliphatic rings. The van der Waals surface area contributed by atoms with Crippen LogP contribution in [0.25, 0.3) is 0 Å². The van der Waals surface area contributed by atoms with Crippen LogP contribution in [0, 0.1) is 16.0 Å². The van der Waals surface area contributed by atoms with Gasteiger partial charge in [-0.1, -0.05) is 30.3 Å². The smallest absolute Gasteiger partial charge is 0.316 e. The van der Waals surface area contributed by atoms with E-state index in [-0.39, 0.29) is 18.8 Å². The minimum atomic E-state index is -0.843. The van der Waals surface area contributed by atoms with Gasteiger partial charge in [0, 0.05) is 16.9 Å². The molecule has 18 heavy (non-hydrogen) atoms. The topological polar surface area (TPSA) is 86.5 Å². The molecule has 1 aliphatic carbocycles. The zero-order valence-electron chi connectivity index (χ0n) is 9.44. The number of carbonyl (C=O) groups is 2. The van der Waals surface area contributed by atoms with Crippen LogP contribution < -0.4 is 0 Å². The highest BCUT2D eigenvalue weighted by molar-refractivity contribution is 5.98. The molecule has 2 atom stereocenters. The Bertz CT molecular complexity index is 485. The van der Waals surface area contributed by atoms with E-state index in [9.17, 15) is 19.7 Å². The summed E-state index contributed by atoms with van der Waals surface area (Å²) in [5.41, 5.74) is 0.451. The van der Waals surface area contributed by atoms with Gasteiger partial charge in [0.1, 0.15) is 5.92 Å². The summed E-state index contributed by atoms with van der Waals surface area (Å²) in [6, 6.07) is 7.58. The summed E-state index contributed by atoms with van der Waals surface area (Å²) in [6.07, 6.45) is 0.200. The van der Waals surface area contributed by atoms with Crippen LogP contribution in [0.5, 0.6) is 0 Å². The summed E-state index contributed by atoms with van der Waals surface area (Å²) in [5.74, 6) is -1.67. The number of rotatable bonds is 5. The first kappa shape index (κ1) is 12.2. The molecule has 6 nitrogen and oxygen atoms in total. The molecule has 0 N–H and O–H groups in total. The van der Waals surface area contributed by atoms with Gasteiger partial charge in [-0.05, 0) is 0 Å². The number of hydrogen-bond acceptors (Lipinski definition) is 5. The van der Waals surface area contributed by atoms with Crippen molar-refractivity contribution < 1.29 is 19.2 Å². The van der Waals surface area contributed by atoms with Gasteiger partial charge in [0.15, 0.2) is 12.4 Å². The van der Waals surface area contributed by atoms with Crippen LogP contribution >= 0.6 is 0 Å². The molecule has 0 spiro atoms. The summed E-state index contributed by atoms with van der Waals surface area (Å²) >= 11 is 0. The van der Waals surface area contributed by atoms with Crippen LogP contribution in [0.1, 0.15) is 16.8 Å².